The Morgan fingerprint density at radius 2 is 1.93 bits per heavy atom. The first-order chi connectivity index (χ1) is 7.18. The van der Waals surface area contributed by atoms with Gasteiger partial charge in [-0.2, -0.15) is 0 Å². The van der Waals surface area contributed by atoms with Gasteiger partial charge in [-0.1, -0.05) is 12.8 Å². The predicted molar refractivity (Wildman–Crippen MR) is 65.1 cm³/mol. The van der Waals surface area contributed by atoms with Crippen molar-refractivity contribution >= 4 is 0 Å². The summed E-state index contributed by atoms with van der Waals surface area (Å²) in [5.41, 5.74) is 0.456. The van der Waals surface area contributed by atoms with Crippen LogP contribution in [-0.2, 0) is 0 Å². The fourth-order valence-corrected chi connectivity index (χ4v) is 3.11. The molecule has 2 aliphatic rings. The summed E-state index contributed by atoms with van der Waals surface area (Å²) in [6.45, 7) is 8.50. The monoisotopic (exact) mass is 210 g/mol. The summed E-state index contributed by atoms with van der Waals surface area (Å²) >= 11 is 0. The lowest BCUT2D eigenvalue weighted by molar-refractivity contribution is 0.174. The van der Waals surface area contributed by atoms with E-state index in [1.807, 2.05) is 0 Å². The van der Waals surface area contributed by atoms with Gasteiger partial charge in [-0.15, -0.1) is 0 Å². The van der Waals surface area contributed by atoms with E-state index >= 15 is 0 Å². The molecule has 1 aliphatic carbocycles. The van der Waals surface area contributed by atoms with Crippen molar-refractivity contribution in [2.75, 3.05) is 19.6 Å². The van der Waals surface area contributed by atoms with Crippen molar-refractivity contribution in [1.82, 2.24) is 10.2 Å². The van der Waals surface area contributed by atoms with Crippen LogP contribution in [-0.4, -0.2) is 36.1 Å². The van der Waals surface area contributed by atoms with Gasteiger partial charge >= 0.3 is 0 Å². The van der Waals surface area contributed by atoms with Gasteiger partial charge in [0, 0.05) is 24.7 Å². The summed E-state index contributed by atoms with van der Waals surface area (Å²) in [5.74, 6) is 0. The van der Waals surface area contributed by atoms with E-state index < -0.39 is 0 Å². The summed E-state index contributed by atoms with van der Waals surface area (Å²) in [6, 6.07) is 0.829. The lowest BCUT2D eigenvalue weighted by Gasteiger charge is -2.31. The van der Waals surface area contributed by atoms with Crippen molar-refractivity contribution in [1.29, 1.82) is 0 Å². The molecule has 2 heteroatoms. The Morgan fingerprint density at radius 1 is 1.20 bits per heavy atom. The molecule has 15 heavy (non-hydrogen) atoms. The Kier molecular flexibility index (Phi) is 3.68. The number of hydrogen-bond acceptors (Lipinski definition) is 2. The quantitative estimate of drug-likeness (QED) is 0.766. The summed E-state index contributed by atoms with van der Waals surface area (Å²) in [7, 11) is 0. The van der Waals surface area contributed by atoms with E-state index in [1.165, 1.54) is 58.2 Å². The van der Waals surface area contributed by atoms with E-state index in [-0.39, 0.29) is 0 Å². The van der Waals surface area contributed by atoms with Gasteiger partial charge in [-0.3, -0.25) is 4.90 Å². The molecular weight excluding hydrogens is 184 g/mol. The number of nitrogens with zero attached hydrogens (tertiary/aromatic N) is 1. The second-order valence-corrected chi connectivity index (χ2v) is 5.84. The molecule has 0 bridgehead atoms. The fraction of sp³-hybridized carbons (Fsp3) is 1.00. The van der Waals surface area contributed by atoms with Gasteiger partial charge in [0.05, 0.1) is 0 Å². The molecule has 0 aromatic rings. The van der Waals surface area contributed by atoms with Crippen LogP contribution >= 0.6 is 0 Å². The Balaban J connectivity index is 1.64. The van der Waals surface area contributed by atoms with E-state index in [0.29, 0.717) is 5.54 Å². The van der Waals surface area contributed by atoms with E-state index in [9.17, 15) is 0 Å². The van der Waals surface area contributed by atoms with Crippen LogP contribution in [0.3, 0.4) is 0 Å². The molecule has 0 atom stereocenters. The summed E-state index contributed by atoms with van der Waals surface area (Å²) in [6.07, 6.45) is 8.44. The Labute approximate surface area is 94.4 Å². The molecule has 1 saturated carbocycles. The minimum absolute atomic E-state index is 0.456. The highest BCUT2D eigenvalue weighted by Crippen LogP contribution is 2.27. The number of hydrogen-bond donors (Lipinski definition) is 1. The zero-order chi connectivity index (χ0) is 10.7. The highest BCUT2D eigenvalue weighted by atomic mass is 15.2. The van der Waals surface area contributed by atoms with Crippen LogP contribution in [0.1, 0.15) is 52.4 Å². The van der Waals surface area contributed by atoms with Crippen LogP contribution in [0.15, 0.2) is 0 Å². The van der Waals surface area contributed by atoms with Gasteiger partial charge in [0.2, 0.25) is 0 Å². The van der Waals surface area contributed by atoms with Gasteiger partial charge < -0.3 is 5.32 Å². The van der Waals surface area contributed by atoms with Gasteiger partial charge in [0.25, 0.3) is 0 Å². The minimum Gasteiger partial charge on any atom is -0.313 e. The molecule has 0 spiro atoms. The normalized spacial score (nSPS) is 27.6. The van der Waals surface area contributed by atoms with Gasteiger partial charge in [0.15, 0.2) is 0 Å². The standard InChI is InChI=1S/C13H26N2/c1-13(2)8-5-10-15(13)11-9-14-12-6-3-4-7-12/h12,14H,3-11H2,1-2H3. The molecule has 88 valence electrons. The van der Waals surface area contributed by atoms with E-state index in [4.69, 9.17) is 0 Å². The highest BCUT2D eigenvalue weighted by molar-refractivity contribution is 4.88. The van der Waals surface area contributed by atoms with Crippen molar-refractivity contribution in [3.05, 3.63) is 0 Å². The zero-order valence-electron chi connectivity index (χ0n) is 10.4. The Morgan fingerprint density at radius 3 is 2.53 bits per heavy atom. The average molecular weight is 210 g/mol. The zero-order valence-corrected chi connectivity index (χ0v) is 10.4. The van der Waals surface area contributed by atoms with E-state index in [0.717, 1.165) is 6.04 Å². The fourth-order valence-electron chi connectivity index (χ4n) is 3.11. The molecule has 1 N–H and O–H groups in total. The number of likely N-dealkylation sites (tertiary alicyclic amines) is 1. The average Bonchev–Trinajstić information content (AvgIpc) is 2.77. The molecular formula is C13H26N2. The molecule has 1 aliphatic heterocycles. The topological polar surface area (TPSA) is 15.3 Å². The first-order valence-electron chi connectivity index (χ1n) is 6.67. The molecule has 2 nitrogen and oxygen atoms in total. The number of nitrogens with one attached hydrogen (secondary N) is 1. The first-order valence-corrected chi connectivity index (χ1v) is 6.67. The first kappa shape index (κ1) is 11.4. The van der Waals surface area contributed by atoms with E-state index in [1.54, 1.807) is 0 Å². The smallest absolute Gasteiger partial charge is 0.0154 e. The van der Waals surface area contributed by atoms with Crippen LogP contribution in [0.2, 0.25) is 0 Å². The second kappa shape index (κ2) is 4.84. The van der Waals surface area contributed by atoms with Crippen molar-refractivity contribution in [2.45, 2.75) is 64.0 Å². The minimum atomic E-state index is 0.456. The highest BCUT2D eigenvalue weighted by Gasteiger charge is 2.31. The van der Waals surface area contributed by atoms with Gasteiger partial charge in [-0.05, 0) is 46.1 Å². The molecule has 2 rings (SSSR count). The molecule has 0 radical (unpaired) electrons. The van der Waals surface area contributed by atoms with Crippen LogP contribution in [0.5, 0.6) is 0 Å². The molecule has 0 amide bonds. The summed E-state index contributed by atoms with van der Waals surface area (Å²) < 4.78 is 0. The van der Waals surface area contributed by atoms with Crippen molar-refractivity contribution in [3.63, 3.8) is 0 Å². The lowest BCUT2D eigenvalue weighted by Crippen LogP contribution is -2.43. The van der Waals surface area contributed by atoms with Crippen molar-refractivity contribution < 1.29 is 0 Å². The third-order valence-electron chi connectivity index (χ3n) is 4.24. The van der Waals surface area contributed by atoms with Crippen LogP contribution in [0.4, 0.5) is 0 Å². The molecule has 1 heterocycles. The van der Waals surface area contributed by atoms with Gasteiger partial charge in [0.1, 0.15) is 0 Å². The maximum atomic E-state index is 3.70. The van der Waals surface area contributed by atoms with Crippen LogP contribution < -0.4 is 5.32 Å². The third kappa shape index (κ3) is 2.94. The molecule has 0 unspecified atom stereocenters. The Hall–Kier alpha value is -0.0800. The third-order valence-corrected chi connectivity index (χ3v) is 4.24. The maximum absolute atomic E-state index is 3.70. The van der Waals surface area contributed by atoms with Gasteiger partial charge in [-0.25, -0.2) is 0 Å². The Bertz CT molecular complexity index is 195. The van der Waals surface area contributed by atoms with Crippen molar-refractivity contribution in [2.24, 2.45) is 0 Å². The molecule has 1 saturated heterocycles. The SMILES string of the molecule is CC1(C)CCCN1CCNC1CCCC1. The van der Waals surface area contributed by atoms with Crippen LogP contribution in [0, 0.1) is 0 Å². The summed E-state index contributed by atoms with van der Waals surface area (Å²) in [4.78, 5) is 2.65. The summed E-state index contributed by atoms with van der Waals surface area (Å²) in [5, 5.41) is 3.70. The largest absolute Gasteiger partial charge is 0.313 e. The lowest BCUT2D eigenvalue weighted by atomic mass is 10.0. The molecule has 2 fully saturated rings. The molecule has 0 aromatic heterocycles. The predicted octanol–water partition coefficient (Wildman–Crippen LogP) is 2.39. The van der Waals surface area contributed by atoms with E-state index in [2.05, 4.69) is 24.1 Å². The van der Waals surface area contributed by atoms with Crippen molar-refractivity contribution in [3.8, 4) is 0 Å². The number of rotatable bonds is 4. The maximum Gasteiger partial charge on any atom is 0.0154 e. The van der Waals surface area contributed by atoms with Crippen LogP contribution in [0.25, 0.3) is 0 Å². The second-order valence-electron chi connectivity index (χ2n) is 5.84. The molecule has 0 aromatic carbocycles.